The molecular weight excluding hydrogens is 300 g/mol. The Kier molecular flexibility index (Phi) is 3.69. The van der Waals surface area contributed by atoms with E-state index in [0.717, 1.165) is 29.2 Å². The lowest BCUT2D eigenvalue weighted by Crippen LogP contribution is -2.34. The van der Waals surface area contributed by atoms with Gasteiger partial charge in [-0.15, -0.1) is 0 Å². The largest absolute Gasteiger partial charge is 0.508 e. The molecule has 4 rings (SSSR count). The highest BCUT2D eigenvalue weighted by Crippen LogP contribution is 2.43. The molecule has 3 aromatic rings. The van der Waals surface area contributed by atoms with Crippen molar-refractivity contribution < 1.29 is 14.6 Å². The zero-order chi connectivity index (χ0) is 16.5. The summed E-state index contributed by atoms with van der Waals surface area (Å²) in [6.45, 7) is 0. The maximum Gasteiger partial charge on any atom is 0.314 e. The van der Waals surface area contributed by atoms with E-state index in [2.05, 4.69) is 0 Å². The topological polar surface area (TPSA) is 46.5 Å². The van der Waals surface area contributed by atoms with Crippen molar-refractivity contribution in [1.29, 1.82) is 0 Å². The minimum atomic E-state index is -0.171. The van der Waals surface area contributed by atoms with E-state index in [4.69, 9.17) is 4.74 Å². The molecule has 1 N–H and O–H groups in total. The van der Waals surface area contributed by atoms with Gasteiger partial charge in [0.15, 0.2) is 0 Å². The summed E-state index contributed by atoms with van der Waals surface area (Å²) in [7, 11) is 0. The lowest BCUT2D eigenvalue weighted by molar-refractivity contribution is -0.142. The molecule has 1 saturated carbocycles. The lowest BCUT2D eigenvalue weighted by Gasteiger charge is -2.35. The van der Waals surface area contributed by atoms with Crippen LogP contribution in [0.5, 0.6) is 11.5 Å². The molecule has 3 nitrogen and oxygen atoms in total. The van der Waals surface area contributed by atoms with Crippen LogP contribution in [0.3, 0.4) is 0 Å². The normalized spacial score (nSPS) is 19.7. The number of fused-ring (bicyclic) bond motifs is 1. The minimum absolute atomic E-state index is 0.117. The van der Waals surface area contributed by atoms with Crippen molar-refractivity contribution >= 4 is 16.7 Å². The Bertz CT molecular complexity index is 878. The Morgan fingerprint density at radius 1 is 0.917 bits per heavy atom. The van der Waals surface area contributed by atoms with Crippen molar-refractivity contribution in [3.05, 3.63) is 72.3 Å². The molecule has 24 heavy (non-hydrogen) atoms. The van der Waals surface area contributed by atoms with Gasteiger partial charge in [-0.25, -0.2) is 0 Å². The van der Waals surface area contributed by atoms with Gasteiger partial charge in [0, 0.05) is 5.39 Å². The van der Waals surface area contributed by atoms with E-state index in [0.29, 0.717) is 5.75 Å². The molecular formula is C21H18O3. The number of benzene rings is 3. The summed E-state index contributed by atoms with van der Waals surface area (Å²) in [5.41, 5.74) is 1.08. The van der Waals surface area contributed by atoms with E-state index in [1.807, 2.05) is 54.6 Å². The number of hydrogen-bond donors (Lipinski definition) is 1. The monoisotopic (exact) mass is 318 g/mol. The number of ether oxygens (including phenoxy) is 1. The van der Waals surface area contributed by atoms with E-state index in [1.165, 1.54) is 0 Å². The first kappa shape index (κ1) is 14.8. The van der Waals surface area contributed by atoms with Crippen LogP contribution < -0.4 is 4.74 Å². The van der Waals surface area contributed by atoms with Gasteiger partial charge in [-0.2, -0.15) is 0 Å². The Hall–Kier alpha value is -2.81. The maximum atomic E-state index is 12.6. The number of carbonyl (C=O) groups excluding carboxylic acids is 1. The highest BCUT2D eigenvalue weighted by Gasteiger charge is 2.39. The average molecular weight is 318 g/mol. The summed E-state index contributed by atoms with van der Waals surface area (Å²) in [5, 5.41) is 11.4. The molecule has 1 fully saturated rings. The van der Waals surface area contributed by atoms with Crippen molar-refractivity contribution in [1.82, 2.24) is 0 Å². The molecule has 1 aliphatic rings. The number of aromatic hydroxyl groups is 1. The van der Waals surface area contributed by atoms with Gasteiger partial charge in [0.25, 0.3) is 0 Å². The van der Waals surface area contributed by atoms with Gasteiger partial charge >= 0.3 is 5.97 Å². The molecule has 0 heterocycles. The standard InChI is InChI=1S/C21H18O3/c22-16-10-8-15(9-11-16)17-12-13-19(17)21(23)24-20-7-3-5-14-4-1-2-6-18(14)20/h1-11,17,19,22H,12-13H2/t17-,19?/m0/s1. The van der Waals surface area contributed by atoms with Crippen LogP contribution in [0.2, 0.25) is 0 Å². The fourth-order valence-corrected chi connectivity index (χ4v) is 3.37. The first-order valence-corrected chi connectivity index (χ1v) is 8.21. The van der Waals surface area contributed by atoms with E-state index in [1.54, 1.807) is 12.1 Å². The summed E-state index contributed by atoms with van der Waals surface area (Å²) in [4.78, 5) is 12.6. The Morgan fingerprint density at radius 3 is 2.42 bits per heavy atom. The lowest BCUT2D eigenvalue weighted by atomic mass is 9.70. The Balaban J connectivity index is 1.54. The molecule has 0 bridgehead atoms. The zero-order valence-electron chi connectivity index (χ0n) is 13.2. The Labute approximate surface area is 140 Å². The fraction of sp³-hybridized carbons (Fsp3) is 0.190. The van der Waals surface area contributed by atoms with Crippen LogP contribution in [0.15, 0.2) is 66.7 Å². The molecule has 1 aliphatic carbocycles. The van der Waals surface area contributed by atoms with Gasteiger partial charge in [0.05, 0.1) is 5.92 Å². The summed E-state index contributed by atoms with van der Waals surface area (Å²) in [6, 6.07) is 20.8. The first-order valence-electron chi connectivity index (χ1n) is 8.21. The number of hydrogen-bond acceptors (Lipinski definition) is 3. The third kappa shape index (κ3) is 2.62. The average Bonchev–Trinajstić information content (AvgIpc) is 2.56. The zero-order valence-corrected chi connectivity index (χ0v) is 13.2. The predicted octanol–water partition coefficient (Wildman–Crippen LogP) is 4.64. The van der Waals surface area contributed by atoms with Crippen molar-refractivity contribution in [2.45, 2.75) is 18.8 Å². The van der Waals surface area contributed by atoms with E-state index < -0.39 is 0 Å². The molecule has 3 aromatic carbocycles. The van der Waals surface area contributed by atoms with E-state index in [-0.39, 0.29) is 23.6 Å². The van der Waals surface area contributed by atoms with Gasteiger partial charge in [0.1, 0.15) is 11.5 Å². The van der Waals surface area contributed by atoms with Crippen LogP contribution in [0.1, 0.15) is 24.3 Å². The second-order valence-corrected chi connectivity index (χ2v) is 6.28. The molecule has 0 amide bonds. The second-order valence-electron chi connectivity index (χ2n) is 6.28. The van der Waals surface area contributed by atoms with Gasteiger partial charge in [0.2, 0.25) is 0 Å². The quantitative estimate of drug-likeness (QED) is 0.565. The molecule has 0 saturated heterocycles. The number of carbonyl (C=O) groups is 1. The third-order valence-corrected chi connectivity index (χ3v) is 4.86. The van der Waals surface area contributed by atoms with E-state index in [9.17, 15) is 9.90 Å². The van der Waals surface area contributed by atoms with Crippen LogP contribution in [0.25, 0.3) is 10.8 Å². The highest BCUT2D eigenvalue weighted by molar-refractivity contribution is 5.91. The first-order chi connectivity index (χ1) is 11.7. The Morgan fingerprint density at radius 2 is 1.67 bits per heavy atom. The molecule has 2 atom stereocenters. The highest BCUT2D eigenvalue weighted by atomic mass is 16.5. The predicted molar refractivity (Wildman–Crippen MR) is 93.2 cm³/mol. The molecule has 0 radical (unpaired) electrons. The fourth-order valence-electron chi connectivity index (χ4n) is 3.37. The minimum Gasteiger partial charge on any atom is -0.508 e. The SMILES string of the molecule is O=C(Oc1cccc2ccccc12)C1CC[C@H]1c1ccc(O)cc1. The second kappa shape index (κ2) is 6.00. The summed E-state index contributed by atoms with van der Waals surface area (Å²) >= 11 is 0. The maximum absolute atomic E-state index is 12.6. The number of rotatable bonds is 3. The smallest absolute Gasteiger partial charge is 0.314 e. The number of phenols is 1. The van der Waals surface area contributed by atoms with Crippen molar-refractivity contribution in [2.24, 2.45) is 5.92 Å². The molecule has 0 aliphatic heterocycles. The van der Waals surface area contributed by atoms with E-state index >= 15 is 0 Å². The molecule has 1 unspecified atom stereocenters. The van der Waals surface area contributed by atoms with Crippen molar-refractivity contribution in [3.8, 4) is 11.5 Å². The van der Waals surface area contributed by atoms with Crippen LogP contribution in [0.4, 0.5) is 0 Å². The summed E-state index contributed by atoms with van der Waals surface area (Å²) in [5.74, 6) is 0.750. The van der Waals surface area contributed by atoms with Crippen molar-refractivity contribution in [3.63, 3.8) is 0 Å². The molecule has 0 spiro atoms. The molecule has 120 valence electrons. The van der Waals surface area contributed by atoms with Crippen LogP contribution in [-0.4, -0.2) is 11.1 Å². The van der Waals surface area contributed by atoms with Gasteiger partial charge in [-0.1, -0.05) is 48.5 Å². The molecule has 0 aromatic heterocycles. The van der Waals surface area contributed by atoms with Gasteiger partial charge < -0.3 is 9.84 Å². The van der Waals surface area contributed by atoms with Crippen LogP contribution in [-0.2, 0) is 4.79 Å². The van der Waals surface area contributed by atoms with Crippen LogP contribution in [0, 0.1) is 5.92 Å². The van der Waals surface area contributed by atoms with Gasteiger partial charge in [-0.3, -0.25) is 4.79 Å². The number of esters is 1. The summed E-state index contributed by atoms with van der Waals surface area (Å²) < 4.78 is 5.72. The summed E-state index contributed by atoms with van der Waals surface area (Å²) in [6.07, 6.45) is 1.81. The van der Waals surface area contributed by atoms with Gasteiger partial charge in [-0.05, 0) is 47.9 Å². The van der Waals surface area contributed by atoms with Crippen molar-refractivity contribution in [2.75, 3.05) is 0 Å². The number of phenolic OH excluding ortho intramolecular Hbond substituents is 1. The van der Waals surface area contributed by atoms with Crippen LogP contribution >= 0.6 is 0 Å². The third-order valence-electron chi connectivity index (χ3n) is 4.86. The molecule has 3 heteroatoms.